The first-order valence-corrected chi connectivity index (χ1v) is 11.3. The number of benzene rings is 2. The van der Waals surface area contributed by atoms with Gasteiger partial charge in [-0.15, -0.1) is 0 Å². The fourth-order valence-electron chi connectivity index (χ4n) is 3.35. The fraction of sp³-hybridized carbons (Fsp3) is 0.350. The van der Waals surface area contributed by atoms with Gasteiger partial charge in [-0.1, -0.05) is 18.9 Å². The minimum Gasteiger partial charge on any atom is -0.495 e. The van der Waals surface area contributed by atoms with Gasteiger partial charge in [0.1, 0.15) is 16.0 Å². The maximum Gasteiger partial charge on any atom is 0.255 e. The van der Waals surface area contributed by atoms with Gasteiger partial charge in [-0.05, 0) is 59.1 Å². The van der Waals surface area contributed by atoms with E-state index < -0.39 is 9.84 Å². The third kappa shape index (κ3) is 4.17. The van der Waals surface area contributed by atoms with Crippen LogP contribution in [0, 0.1) is 0 Å². The van der Waals surface area contributed by atoms with Crippen molar-refractivity contribution < 1.29 is 22.7 Å². The number of nitrogens with one attached hydrogen (secondary N) is 1. The third-order valence-corrected chi connectivity index (χ3v) is 7.91. The smallest absolute Gasteiger partial charge is 0.255 e. The summed E-state index contributed by atoms with van der Waals surface area (Å²) in [6.45, 7) is 0. The molecule has 0 aromatic heterocycles. The first kappa shape index (κ1) is 20.7. The van der Waals surface area contributed by atoms with Crippen molar-refractivity contribution in [3.8, 4) is 11.5 Å². The van der Waals surface area contributed by atoms with Crippen LogP contribution in [0.25, 0.3) is 0 Å². The van der Waals surface area contributed by atoms with Crippen LogP contribution in [-0.4, -0.2) is 33.8 Å². The van der Waals surface area contributed by atoms with Crippen molar-refractivity contribution >= 4 is 37.4 Å². The lowest BCUT2D eigenvalue weighted by molar-refractivity contribution is 0.102. The zero-order valence-corrected chi connectivity index (χ0v) is 18.1. The third-order valence-electron chi connectivity index (χ3n) is 4.87. The molecule has 0 unspecified atom stereocenters. The summed E-state index contributed by atoms with van der Waals surface area (Å²) in [5, 5.41) is 2.42. The average Bonchev–Trinajstić information content (AvgIpc) is 3.24. The number of methoxy groups -OCH3 is 2. The second-order valence-corrected chi connectivity index (χ2v) is 9.65. The van der Waals surface area contributed by atoms with E-state index in [1.165, 1.54) is 20.3 Å². The Morgan fingerprint density at radius 2 is 1.68 bits per heavy atom. The molecule has 150 valence electrons. The summed E-state index contributed by atoms with van der Waals surface area (Å²) in [6, 6.07) is 9.56. The topological polar surface area (TPSA) is 81.7 Å². The predicted octanol–water partition coefficient (Wildman–Crippen LogP) is 4.43. The van der Waals surface area contributed by atoms with Gasteiger partial charge >= 0.3 is 0 Å². The van der Waals surface area contributed by atoms with Crippen LogP contribution in [0.4, 0.5) is 5.69 Å². The molecule has 2 aromatic rings. The second kappa shape index (κ2) is 8.53. The Morgan fingerprint density at radius 1 is 1.07 bits per heavy atom. The maximum absolute atomic E-state index is 12.8. The molecule has 2 aromatic carbocycles. The van der Waals surface area contributed by atoms with Crippen LogP contribution in [0.1, 0.15) is 36.0 Å². The van der Waals surface area contributed by atoms with E-state index in [4.69, 9.17) is 9.47 Å². The molecule has 0 radical (unpaired) electrons. The van der Waals surface area contributed by atoms with Crippen molar-refractivity contribution in [2.24, 2.45) is 0 Å². The summed E-state index contributed by atoms with van der Waals surface area (Å²) >= 11 is 3.37. The van der Waals surface area contributed by atoms with Crippen LogP contribution in [0.5, 0.6) is 11.5 Å². The largest absolute Gasteiger partial charge is 0.495 e. The molecule has 3 rings (SSSR count). The highest BCUT2D eigenvalue weighted by molar-refractivity contribution is 9.10. The highest BCUT2D eigenvalue weighted by Crippen LogP contribution is 2.36. The van der Waals surface area contributed by atoms with Crippen LogP contribution in [0.3, 0.4) is 0 Å². The Hall–Kier alpha value is -2.06. The van der Waals surface area contributed by atoms with Gasteiger partial charge in [0.25, 0.3) is 5.91 Å². The van der Waals surface area contributed by atoms with Crippen LogP contribution in [0.2, 0.25) is 0 Å². The number of hydrogen-bond acceptors (Lipinski definition) is 5. The van der Waals surface area contributed by atoms with Crippen molar-refractivity contribution in [1.82, 2.24) is 0 Å². The number of hydrogen-bond donors (Lipinski definition) is 1. The molecule has 8 heteroatoms. The molecule has 0 aliphatic heterocycles. The molecule has 1 fully saturated rings. The Bertz CT molecular complexity index is 959. The summed E-state index contributed by atoms with van der Waals surface area (Å²) in [6.07, 6.45) is 3.26. The molecule has 28 heavy (non-hydrogen) atoms. The van der Waals surface area contributed by atoms with Gasteiger partial charge in [0.15, 0.2) is 9.84 Å². The molecule has 1 aliphatic carbocycles. The number of rotatable bonds is 6. The molecule has 1 saturated carbocycles. The van der Waals surface area contributed by atoms with E-state index in [-0.39, 0.29) is 16.1 Å². The number of carbonyl (C=O) groups is 1. The molecular weight excluding hydrogens is 446 g/mol. The number of ether oxygens (including phenoxy) is 2. The van der Waals surface area contributed by atoms with Gasteiger partial charge < -0.3 is 14.8 Å². The standard InChI is InChI=1S/C20H22BrNO5S/c1-26-17-10-13(11-18(27-2)19(17)21)20(23)22-14-6-5-9-16(12-14)28(24,25)15-7-3-4-8-15/h5-6,9-12,15H,3-4,7-8H2,1-2H3,(H,22,23). The van der Waals surface area contributed by atoms with Gasteiger partial charge in [-0.25, -0.2) is 8.42 Å². The van der Waals surface area contributed by atoms with Crippen LogP contribution in [-0.2, 0) is 9.84 Å². The molecule has 0 spiro atoms. The van der Waals surface area contributed by atoms with Crippen molar-refractivity contribution in [2.75, 3.05) is 19.5 Å². The van der Waals surface area contributed by atoms with E-state index >= 15 is 0 Å². The lowest BCUT2D eigenvalue weighted by atomic mass is 10.1. The quantitative estimate of drug-likeness (QED) is 0.678. The summed E-state index contributed by atoms with van der Waals surface area (Å²) < 4.78 is 36.7. The number of carbonyl (C=O) groups excluding carboxylic acids is 1. The van der Waals surface area contributed by atoms with Crippen molar-refractivity contribution in [2.45, 2.75) is 35.8 Å². The Labute approximate surface area is 173 Å². The van der Waals surface area contributed by atoms with Crippen LogP contribution < -0.4 is 14.8 Å². The number of amides is 1. The Balaban J connectivity index is 1.85. The zero-order valence-electron chi connectivity index (χ0n) is 15.7. The molecule has 0 heterocycles. The van der Waals surface area contributed by atoms with E-state index in [1.807, 2.05) is 0 Å². The Morgan fingerprint density at radius 3 is 2.25 bits per heavy atom. The van der Waals surface area contributed by atoms with Gasteiger partial charge in [-0.3, -0.25) is 4.79 Å². The monoisotopic (exact) mass is 467 g/mol. The minimum atomic E-state index is -3.39. The summed E-state index contributed by atoms with van der Waals surface area (Å²) in [4.78, 5) is 12.9. The van der Waals surface area contributed by atoms with E-state index in [2.05, 4.69) is 21.2 Å². The van der Waals surface area contributed by atoms with Crippen molar-refractivity contribution in [3.63, 3.8) is 0 Å². The van der Waals surface area contributed by atoms with Crippen LogP contribution >= 0.6 is 15.9 Å². The average molecular weight is 468 g/mol. The molecule has 1 aliphatic rings. The second-order valence-electron chi connectivity index (χ2n) is 6.63. The SMILES string of the molecule is COc1cc(C(=O)Nc2cccc(S(=O)(=O)C3CCCC3)c2)cc(OC)c1Br. The molecular formula is C20H22BrNO5S. The van der Waals surface area contributed by atoms with Gasteiger partial charge in [0.2, 0.25) is 0 Å². The van der Waals surface area contributed by atoms with Crippen molar-refractivity contribution in [1.29, 1.82) is 0 Å². The molecule has 0 bridgehead atoms. The normalized spacial score (nSPS) is 14.7. The Kier molecular flexibility index (Phi) is 6.30. The lowest BCUT2D eigenvalue weighted by Gasteiger charge is -2.14. The summed E-state index contributed by atoms with van der Waals surface area (Å²) in [5.74, 6) is 0.531. The fourth-order valence-corrected chi connectivity index (χ4v) is 5.80. The first-order valence-electron chi connectivity index (χ1n) is 8.93. The summed E-state index contributed by atoms with van der Waals surface area (Å²) in [7, 11) is -0.389. The highest BCUT2D eigenvalue weighted by Gasteiger charge is 2.30. The van der Waals surface area contributed by atoms with Crippen LogP contribution in [0.15, 0.2) is 45.8 Å². The maximum atomic E-state index is 12.8. The number of sulfone groups is 1. The van der Waals surface area contributed by atoms with Gasteiger partial charge in [0, 0.05) is 11.3 Å². The first-order chi connectivity index (χ1) is 13.4. The predicted molar refractivity (Wildman–Crippen MR) is 111 cm³/mol. The zero-order chi connectivity index (χ0) is 20.3. The molecule has 1 amide bonds. The van der Waals surface area contributed by atoms with Crippen molar-refractivity contribution in [3.05, 3.63) is 46.4 Å². The summed E-state index contributed by atoms with van der Waals surface area (Å²) in [5.41, 5.74) is 0.755. The lowest BCUT2D eigenvalue weighted by Crippen LogP contribution is -2.18. The van der Waals surface area contributed by atoms with E-state index in [0.29, 0.717) is 40.1 Å². The highest BCUT2D eigenvalue weighted by atomic mass is 79.9. The van der Waals surface area contributed by atoms with E-state index in [0.717, 1.165) is 12.8 Å². The minimum absolute atomic E-state index is 0.239. The van der Waals surface area contributed by atoms with E-state index in [1.54, 1.807) is 30.3 Å². The molecule has 0 atom stereocenters. The number of anilines is 1. The molecule has 1 N–H and O–H groups in total. The molecule has 6 nitrogen and oxygen atoms in total. The van der Waals surface area contributed by atoms with Gasteiger partial charge in [0.05, 0.1) is 24.4 Å². The number of halogens is 1. The van der Waals surface area contributed by atoms with E-state index in [9.17, 15) is 13.2 Å². The van der Waals surface area contributed by atoms with Gasteiger partial charge in [-0.2, -0.15) is 0 Å². The molecule has 0 saturated heterocycles.